The SMILES string of the molecule is O=C(O)c1ccc(C(F)(F)F)nc1NCCc1ccsc1. The van der Waals surface area contributed by atoms with E-state index < -0.39 is 17.8 Å². The van der Waals surface area contributed by atoms with Gasteiger partial charge in [-0.25, -0.2) is 9.78 Å². The van der Waals surface area contributed by atoms with E-state index in [-0.39, 0.29) is 11.4 Å². The number of hydrogen-bond acceptors (Lipinski definition) is 4. The number of halogens is 3. The standard InChI is InChI=1S/C13H11F3N2O2S/c14-13(15,16)10-2-1-9(12(19)20)11(18-10)17-5-3-8-4-6-21-7-8/h1-2,4,6-7H,3,5H2,(H,17,18)(H,19,20). The Morgan fingerprint density at radius 3 is 2.67 bits per heavy atom. The zero-order valence-electron chi connectivity index (χ0n) is 10.6. The predicted octanol–water partition coefficient (Wildman–Crippen LogP) is 3.51. The van der Waals surface area contributed by atoms with Gasteiger partial charge < -0.3 is 10.4 Å². The molecule has 2 rings (SSSR count). The second kappa shape index (κ2) is 6.13. The number of carbonyl (C=O) groups is 1. The van der Waals surface area contributed by atoms with E-state index in [0.717, 1.165) is 11.6 Å². The molecule has 0 aliphatic heterocycles. The fraction of sp³-hybridized carbons (Fsp3) is 0.231. The summed E-state index contributed by atoms with van der Waals surface area (Å²) < 4.78 is 37.8. The third-order valence-electron chi connectivity index (χ3n) is 2.70. The van der Waals surface area contributed by atoms with Crippen LogP contribution in [0.25, 0.3) is 0 Å². The van der Waals surface area contributed by atoms with Crippen molar-refractivity contribution in [3.63, 3.8) is 0 Å². The second-order valence-electron chi connectivity index (χ2n) is 4.20. The molecule has 2 aromatic heterocycles. The Morgan fingerprint density at radius 1 is 1.33 bits per heavy atom. The smallest absolute Gasteiger partial charge is 0.433 e. The maximum Gasteiger partial charge on any atom is 0.433 e. The average Bonchev–Trinajstić information content (AvgIpc) is 2.90. The summed E-state index contributed by atoms with van der Waals surface area (Å²) in [6, 6.07) is 3.46. The van der Waals surface area contributed by atoms with Crippen molar-refractivity contribution < 1.29 is 23.1 Å². The lowest BCUT2D eigenvalue weighted by Gasteiger charge is -2.12. The van der Waals surface area contributed by atoms with Crippen LogP contribution in [0.2, 0.25) is 0 Å². The number of rotatable bonds is 5. The van der Waals surface area contributed by atoms with Crippen LogP contribution in [0.4, 0.5) is 19.0 Å². The van der Waals surface area contributed by atoms with E-state index in [0.29, 0.717) is 19.0 Å². The summed E-state index contributed by atoms with van der Waals surface area (Å²) in [5.74, 6) is -1.60. The molecule has 4 nitrogen and oxygen atoms in total. The molecular weight excluding hydrogens is 305 g/mol. The van der Waals surface area contributed by atoms with Gasteiger partial charge in [0.15, 0.2) is 0 Å². The van der Waals surface area contributed by atoms with Crippen molar-refractivity contribution in [1.29, 1.82) is 0 Å². The van der Waals surface area contributed by atoms with Crippen LogP contribution in [0.3, 0.4) is 0 Å². The number of carboxylic acid groups (broad SMARTS) is 1. The Bertz CT molecular complexity index is 627. The van der Waals surface area contributed by atoms with Crippen molar-refractivity contribution in [3.05, 3.63) is 45.8 Å². The minimum Gasteiger partial charge on any atom is -0.478 e. The Labute approximate surface area is 122 Å². The fourth-order valence-electron chi connectivity index (χ4n) is 1.68. The molecule has 2 aromatic rings. The molecule has 0 fully saturated rings. The normalized spacial score (nSPS) is 11.4. The maximum atomic E-state index is 12.6. The molecule has 0 spiro atoms. The van der Waals surface area contributed by atoms with Gasteiger partial charge in [0.1, 0.15) is 17.1 Å². The van der Waals surface area contributed by atoms with E-state index in [1.807, 2.05) is 16.8 Å². The molecular formula is C13H11F3N2O2S. The van der Waals surface area contributed by atoms with E-state index >= 15 is 0 Å². The predicted molar refractivity (Wildman–Crippen MR) is 72.7 cm³/mol. The Kier molecular flexibility index (Phi) is 4.46. The number of pyridine rings is 1. The molecule has 2 heterocycles. The van der Waals surface area contributed by atoms with Crippen molar-refractivity contribution in [3.8, 4) is 0 Å². The summed E-state index contributed by atoms with van der Waals surface area (Å²) in [6.45, 7) is 0.297. The third-order valence-corrected chi connectivity index (χ3v) is 3.43. The van der Waals surface area contributed by atoms with Gasteiger partial charge in [0.2, 0.25) is 0 Å². The zero-order chi connectivity index (χ0) is 15.5. The number of nitrogens with zero attached hydrogens (tertiary/aromatic N) is 1. The summed E-state index contributed by atoms with van der Waals surface area (Å²) in [5, 5.41) is 15.4. The van der Waals surface area contributed by atoms with Gasteiger partial charge in [-0.05, 0) is 40.9 Å². The summed E-state index contributed by atoms with van der Waals surface area (Å²) in [6.07, 6.45) is -4.04. The van der Waals surface area contributed by atoms with Crippen LogP contribution < -0.4 is 5.32 Å². The number of nitrogens with one attached hydrogen (secondary N) is 1. The molecule has 0 saturated carbocycles. The lowest BCUT2D eigenvalue weighted by atomic mass is 10.2. The Hall–Kier alpha value is -2.09. The highest BCUT2D eigenvalue weighted by atomic mass is 32.1. The molecule has 112 valence electrons. The number of aromatic carboxylic acids is 1. The molecule has 0 aliphatic rings. The lowest BCUT2D eigenvalue weighted by Crippen LogP contribution is -2.15. The van der Waals surface area contributed by atoms with E-state index in [4.69, 9.17) is 5.11 Å². The monoisotopic (exact) mass is 316 g/mol. The van der Waals surface area contributed by atoms with Gasteiger partial charge in [0, 0.05) is 6.54 Å². The van der Waals surface area contributed by atoms with Crippen LogP contribution in [-0.4, -0.2) is 22.6 Å². The minimum atomic E-state index is -4.61. The van der Waals surface area contributed by atoms with Crippen LogP contribution in [0.5, 0.6) is 0 Å². The summed E-state index contributed by atoms with van der Waals surface area (Å²) in [7, 11) is 0. The minimum absolute atomic E-state index is 0.271. The topological polar surface area (TPSA) is 62.2 Å². The highest BCUT2D eigenvalue weighted by molar-refractivity contribution is 7.07. The van der Waals surface area contributed by atoms with Gasteiger partial charge in [0.25, 0.3) is 0 Å². The maximum absolute atomic E-state index is 12.6. The second-order valence-corrected chi connectivity index (χ2v) is 4.98. The van der Waals surface area contributed by atoms with Gasteiger partial charge in [0.05, 0.1) is 0 Å². The molecule has 8 heteroatoms. The zero-order valence-corrected chi connectivity index (χ0v) is 11.5. The molecule has 0 radical (unpaired) electrons. The van der Waals surface area contributed by atoms with E-state index in [9.17, 15) is 18.0 Å². The van der Waals surface area contributed by atoms with Gasteiger partial charge in [-0.15, -0.1) is 0 Å². The highest BCUT2D eigenvalue weighted by Crippen LogP contribution is 2.29. The Morgan fingerprint density at radius 2 is 2.10 bits per heavy atom. The van der Waals surface area contributed by atoms with E-state index in [1.54, 1.807) is 0 Å². The van der Waals surface area contributed by atoms with Crippen LogP contribution >= 0.6 is 11.3 Å². The first-order valence-corrected chi connectivity index (χ1v) is 6.88. The van der Waals surface area contributed by atoms with Crippen LogP contribution in [0.1, 0.15) is 21.6 Å². The van der Waals surface area contributed by atoms with E-state index in [2.05, 4.69) is 10.3 Å². The van der Waals surface area contributed by atoms with Gasteiger partial charge in [-0.3, -0.25) is 0 Å². The molecule has 0 aliphatic carbocycles. The largest absolute Gasteiger partial charge is 0.478 e. The number of alkyl halides is 3. The number of aromatic nitrogens is 1. The molecule has 2 N–H and O–H groups in total. The number of thiophene rings is 1. The molecule has 0 unspecified atom stereocenters. The van der Waals surface area contributed by atoms with Crippen LogP contribution in [0, 0.1) is 0 Å². The van der Waals surface area contributed by atoms with Crippen LogP contribution in [0.15, 0.2) is 29.0 Å². The van der Waals surface area contributed by atoms with E-state index in [1.165, 1.54) is 11.3 Å². The number of anilines is 1. The van der Waals surface area contributed by atoms with Crippen molar-refractivity contribution in [2.24, 2.45) is 0 Å². The van der Waals surface area contributed by atoms with Gasteiger partial charge >= 0.3 is 12.1 Å². The van der Waals surface area contributed by atoms with Crippen molar-refractivity contribution >= 4 is 23.1 Å². The van der Waals surface area contributed by atoms with Crippen molar-refractivity contribution in [2.45, 2.75) is 12.6 Å². The Balaban J connectivity index is 2.16. The number of carboxylic acids is 1. The quantitative estimate of drug-likeness (QED) is 0.886. The average molecular weight is 316 g/mol. The summed E-state index contributed by atoms with van der Waals surface area (Å²) in [5.41, 5.74) is -0.379. The van der Waals surface area contributed by atoms with Crippen molar-refractivity contribution in [2.75, 3.05) is 11.9 Å². The molecule has 0 saturated heterocycles. The fourth-order valence-corrected chi connectivity index (χ4v) is 2.39. The third kappa shape index (κ3) is 3.94. The first-order valence-electron chi connectivity index (χ1n) is 5.94. The molecule has 0 amide bonds. The van der Waals surface area contributed by atoms with Gasteiger partial charge in [-0.1, -0.05) is 0 Å². The molecule has 0 atom stereocenters. The van der Waals surface area contributed by atoms with Crippen LogP contribution in [-0.2, 0) is 12.6 Å². The summed E-state index contributed by atoms with van der Waals surface area (Å²) >= 11 is 1.51. The first kappa shape index (κ1) is 15.3. The lowest BCUT2D eigenvalue weighted by molar-refractivity contribution is -0.141. The summed E-state index contributed by atoms with van der Waals surface area (Å²) in [4.78, 5) is 14.4. The molecule has 21 heavy (non-hydrogen) atoms. The van der Waals surface area contributed by atoms with Crippen molar-refractivity contribution in [1.82, 2.24) is 4.98 Å². The highest BCUT2D eigenvalue weighted by Gasteiger charge is 2.33. The number of hydrogen-bond donors (Lipinski definition) is 2. The molecule has 0 aromatic carbocycles. The first-order chi connectivity index (χ1) is 9.88. The molecule has 0 bridgehead atoms. The van der Waals surface area contributed by atoms with Gasteiger partial charge in [-0.2, -0.15) is 24.5 Å².